The van der Waals surface area contributed by atoms with Crippen LogP contribution in [-0.4, -0.2) is 24.5 Å². The molecule has 0 aliphatic heterocycles. The number of hydrogen-bond donors (Lipinski definition) is 0. The zero-order chi connectivity index (χ0) is 21.3. The first kappa shape index (κ1) is 21.3. The predicted molar refractivity (Wildman–Crippen MR) is 118 cm³/mol. The van der Waals surface area contributed by atoms with E-state index in [2.05, 4.69) is 23.7 Å². The van der Waals surface area contributed by atoms with Crippen LogP contribution in [-0.2, 0) is 0 Å². The lowest BCUT2D eigenvalue weighted by Gasteiger charge is -2.19. The SMILES string of the molecule is CCCC#CCCCOc1cccc(N(C)C(=O)c2ccc3ncccc3c2)c1F. The zero-order valence-electron chi connectivity index (χ0n) is 17.3. The largest absolute Gasteiger partial charge is 0.490 e. The van der Waals surface area contributed by atoms with Crippen LogP contribution in [0.25, 0.3) is 10.9 Å². The van der Waals surface area contributed by atoms with Crippen LogP contribution in [0.1, 0.15) is 43.0 Å². The molecule has 0 bridgehead atoms. The molecule has 4 nitrogen and oxygen atoms in total. The van der Waals surface area contributed by atoms with Crippen LogP contribution < -0.4 is 9.64 Å². The maximum atomic E-state index is 15.0. The van der Waals surface area contributed by atoms with Crippen molar-refractivity contribution < 1.29 is 13.9 Å². The molecule has 0 saturated heterocycles. The lowest BCUT2D eigenvalue weighted by Crippen LogP contribution is -2.27. The third-order valence-electron chi connectivity index (χ3n) is 4.66. The maximum absolute atomic E-state index is 15.0. The van der Waals surface area contributed by atoms with Crippen LogP contribution in [0.4, 0.5) is 10.1 Å². The van der Waals surface area contributed by atoms with Crippen molar-refractivity contribution in [2.24, 2.45) is 0 Å². The monoisotopic (exact) mass is 404 g/mol. The second-order valence-corrected chi connectivity index (χ2v) is 6.92. The van der Waals surface area contributed by atoms with E-state index in [9.17, 15) is 9.18 Å². The number of ether oxygens (including phenoxy) is 1. The number of carbonyl (C=O) groups is 1. The number of amides is 1. The van der Waals surface area contributed by atoms with Crippen LogP contribution in [0.2, 0.25) is 0 Å². The number of anilines is 1. The summed E-state index contributed by atoms with van der Waals surface area (Å²) >= 11 is 0. The van der Waals surface area contributed by atoms with Crippen molar-refractivity contribution in [2.75, 3.05) is 18.6 Å². The van der Waals surface area contributed by atoms with Gasteiger partial charge in [0.2, 0.25) is 0 Å². The van der Waals surface area contributed by atoms with Crippen LogP contribution in [0, 0.1) is 17.7 Å². The van der Waals surface area contributed by atoms with Gasteiger partial charge in [-0.1, -0.05) is 19.1 Å². The molecule has 154 valence electrons. The summed E-state index contributed by atoms with van der Waals surface area (Å²) in [4.78, 5) is 18.5. The minimum absolute atomic E-state index is 0.136. The summed E-state index contributed by atoms with van der Waals surface area (Å²) in [7, 11) is 1.56. The van der Waals surface area contributed by atoms with Gasteiger partial charge < -0.3 is 9.64 Å². The van der Waals surface area contributed by atoms with Crippen LogP contribution in [0.5, 0.6) is 5.75 Å². The molecule has 0 aliphatic rings. The Balaban J connectivity index is 1.69. The number of carbonyl (C=O) groups excluding carboxylic acids is 1. The molecular weight excluding hydrogens is 379 g/mol. The highest BCUT2D eigenvalue weighted by atomic mass is 19.1. The average Bonchev–Trinajstić information content (AvgIpc) is 2.78. The average molecular weight is 404 g/mol. The minimum atomic E-state index is -0.548. The fraction of sp³-hybridized carbons (Fsp3) is 0.280. The Hall–Kier alpha value is -3.39. The number of pyridine rings is 1. The Morgan fingerprint density at radius 3 is 2.80 bits per heavy atom. The summed E-state index contributed by atoms with van der Waals surface area (Å²) in [6, 6.07) is 13.8. The molecule has 2 aromatic carbocycles. The third-order valence-corrected chi connectivity index (χ3v) is 4.66. The van der Waals surface area contributed by atoms with Crippen molar-refractivity contribution in [3.05, 3.63) is 66.1 Å². The Bertz CT molecular complexity index is 1090. The first-order chi connectivity index (χ1) is 14.6. The standard InChI is InChI=1S/C25H25FN2O2/c1-3-4-5-6-7-8-17-30-23-13-9-12-22(24(23)26)28(2)25(29)20-14-15-21-19(18-20)11-10-16-27-21/h9-16,18H,3-4,7-8,17H2,1-2H3. The highest BCUT2D eigenvalue weighted by molar-refractivity contribution is 6.07. The number of fused-ring (bicyclic) bond motifs is 1. The highest BCUT2D eigenvalue weighted by Crippen LogP contribution is 2.28. The Morgan fingerprint density at radius 1 is 1.13 bits per heavy atom. The van der Waals surface area contributed by atoms with E-state index in [4.69, 9.17) is 4.74 Å². The van der Waals surface area contributed by atoms with Crippen molar-refractivity contribution in [1.82, 2.24) is 4.98 Å². The number of benzene rings is 2. The van der Waals surface area contributed by atoms with Crippen molar-refractivity contribution >= 4 is 22.5 Å². The molecule has 0 atom stereocenters. The lowest BCUT2D eigenvalue weighted by atomic mass is 10.1. The Morgan fingerprint density at radius 2 is 1.97 bits per heavy atom. The van der Waals surface area contributed by atoms with Gasteiger partial charge in [0.1, 0.15) is 0 Å². The predicted octanol–water partition coefficient (Wildman–Crippen LogP) is 5.61. The maximum Gasteiger partial charge on any atom is 0.258 e. The smallest absolute Gasteiger partial charge is 0.258 e. The molecule has 5 heteroatoms. The quantitative estimate of drug-likeness (QED) is 0.379. The van der Waals surface area contributed by atoms with Gasteiger partial charge in [-0.2, -0.15) is 0 Å². The molecule has 30 heavy (non-hydrogen) atoms. The van der Waals surface area contributed by atoms with E-state index in [0.29, 0.717) is 12.2 Å². The fourth-order valence-corrected chi connectivity index (χ4v) is 3.03. The van der Waals surface area contributed by atoms with Gasteiger partial charge in [0.15, 0.2) is 11.6 Å². The zero-order valence-corrected chi connectivity index (χ0v) is 17.3. The molecule has 0 spiro atoms. The van der Waals surface area contributed by atoms with E-state index in [1.54, 1.807) is 49.6 Å². The molecule has 0 fully saturated rings. The lowest BCUT2D eigenvalue weighted by molar-refractivity contribution is 0.0992. The van der Waals surface area contributed by atoms with Gasteiger partial charge in [-0.3, -0.25) is 9.78 Å². The van der Waals surface area contributed by atoms with Gasteiger partial charge in [-0.25, -0.2) is 4.39 Å². The molecule has 0 saturated carbocycles. The Kier molecular flexibility index (Phi) is 7.40. The Labute approximate surface area is 176 Å². The van der Waals surface area contributed by atoms with Crippen LogP contribution >= 0.6 is 0 Å². The van der Waals surface area contributed by atoms with Gasteiger partial charge >= 0.3 is 0 Å². The highest BCUT2D eigenvalue weighted by Gasteiger charge is 2.19. The van der Waals surface area contributed by atoms with Crippen molar-refractivity contribution in [2.45, 2.75) is 32.6 Å². The minimum Gasteiger partial charge on any atom is -0.490 e. The molecule has 3 aromatic rings. The van der Waals surface area contributed by atoms with E-state index in [1.807, 2.05) is 12.1 Å². The van der Waals surface area contributed by atoms with E-state index >= 15 is 0 Å². The van der Waals surface area contributed by atoms with Crippen molar-refractivity contribution in [1.29, 1.82) is 0 Å². The summed E-state index contributed by atoms with van der Waals surface area (Å²) in [5.74, 6) is 5.45. The number of unbranched alkanes of at least 4 members (excludes halogenated alkanes) is 2. The summed E-state index contributed by atoms with van der Waals surface area (Å²) in [5, 5.41) is 0.858. The summed E-state index contributed by atoms with van der Waals surface area (Å²) in [5.41, 5.74) is 1.44. The summed E-state index contributed by atoms with van der Waals surface area (Å²) < 4.78 is 20.6. The topological polar surface area (TPSA) is 42.4 Å². The molecule has 3 rings (SSSR count). The van der Waals surface area contributed by atoms with Gasteiger partial charge in [0, 0.05) is 37.0 Å². The molecule has 0 radical (unpaired) electrons. The van der Waals surface area contributed by atoms with Gasteiger partial charge in [-0.05, 0) is 49.2 Å². The number of aromatic nitrogens is 1. The van der Waals surface area contributed by atoms with E-state index in [1.165, 1.54) is 4.90 Å². The second kappa shape index (κ2) is 10.4. The van der Waals surface area contributed by atoms with Crippen molar-refractivity contribution in [3.8, 4) is 17.6 Å². The molecule has 1 heterocycles. The van der Waals surface area contributed by atoms with Gasteiger partial charge in [0.25, 0.3) is 5.91 Å². The van der Waals surface area contributed by atoms with Crippen molar-refractivity contribution in [3.63, 3.8) is 0 Å². The first-order valence-electron chi connectivity index (χ1n) is 10.1. The number of hydrogen-bond acceptors (Lipinski definition) is 3. The molecular formula is C25H25FN2O2. The summed E-state index contributed by atoms with van der Waals surface area (Å²) in [6.07, 6.45) is 5.08. The normalized spacial score (nSPS) is 10.4. The summed E-state index contributed by atoms with van der Waals surface area (Å²) in [6.45, 7) is 2.46. The number of halogens is 1. The van der Waals surface area contributed by atoms with Gasteiger partial charge in [-0.15, -0.1) is 11.8 Å². The fourth-order valence-electron chi connectivity index (χ4n) is 3.03. The van der Waals surface area contributed by atoms with E-state index < -0.39 is 5.82 Å². The third kappa shape index (κ3) is 5.15. The number of nitrogens with zero attached hydrogens (tertiary/aromatic N) is 2. The van der Waals surface area contributed by atoms with E-state index in [-0.39, 0.29) is 17.3 Å². The first-order valence-corrected chi connectivity index (χ1v) is 10.1. The van der Waals surface area contributed by atoms with E-state index in [0.717, 1.165) is 36.6 Å². The second-order valence-electron chi connectivity index (χ2n) is 6.92. The molecule has 1 amide bonds. The van der Waals surface area contributed by atoms with Gasteiger partial charge in [0.05, 0.1) is 17.8 Å². The molecule has 0 unspecified atom stereocenters. The number of rotatable bonds is 7. The molecule has 1 aromatic heterocycles. The van der Waals surface area contributed by atoms with Crippen LogP contribution in [0.15, 0.2) is 54.7 Å². The van der Waals surface area contributed by atoms with Crippen LogP contribution in [0.3, 0.4) is 0 Å². The molecule has 0 N–H and O–H groups in total. The molecule has 0 aliphatic carbocycles.